The van der Waals surface area contributed by atoms with Gasteiger partial charge in [-0.3, -0.25) is 0 Å². The maximum absolute atomic E-state index is 12.7. The van der Waals surface area contributed by atoms with Crippen LogP contribution in [0.3, 0.4) is 0 Å². The average Bonchev–Trinajstić information content (AvgIpc) is 2.23. The summed E-state index contributed by atoms with van der Waals surface area (Å²) in [5.41, 5.74) is 8.07. The van der Waals surface area contributed by atoms with Gasteiger partial charge < -0.3 is 5.73 Å². The quantitative estimate of drug-likeness (QED) is 0.805. The summed E-state index contributed by atoms with van der Waals surface area (Å²) in [5.74, 6) is -0.259. The zero-order chi connectivity index (χ0) is 10.8. The molecule has 15 heavy (non-hydrogen) atoms. The largest absolute Gasteiger partial charge is 0.397 e. The highest BCUT2D eigenvalue weighted by Gasteiger charge is 2.04. The third-order valence-corrected chi connectivity index (χ3v) is 2.49. The van der Waals surface area contributed by atoms with E-state index in [1.807, 2.05) is 6.07 Å². The van der Waals surface area contributed by atoms with Gasteiger partial charge in [-0.2, -0.15) is 0 Å². The van der Waals surface area contributed by atoms with E-state index >= 15 is 0 Å². The fourth-order valence-corrected chi connectivity index (χ4v) is 1.65. The first-order valence-electron chi connectivity index (χ1n) is 4.34. The van der Waals surface area contributed by atoms with Crippen LogP contribution in [0.5, 0.6) is 0 Å². The molecule has 0 fully saturated rings. The van der Waals surface area contributed by atoms with E-state index in [1.54, 1.807) is 18.3 Å². The fourth-order valence-electron chi connectivity index (χ4n) is 1.32. The fraction of sp³-hybridized carbons (Fsp3) is 0. The molecular formula is C11H8BrFN2. The minimum Gasteiger partial charge on any atom is -0.397 e. The van der Waals surface area contributed by atoms with Crippen LogP contribution in [-0.4, -0.2) is 4.98 Å². The predicted molar refractivity (Wildman–Crippen MR) is 61.7 cm³/mol. The van der Waals surface area contributed by atoms with Crippen LogP contribution in [0.2, 0.25) is 0 Å². The monoisotopic (exact) mass is 266 g/mol. The van der Waals surface area contributed by atoms with E-state index in [0.29, 0.717) is 10.3 Å². The molecule has 0 aliphatic heterocycles. The van der Waals surface area contributed by atoms with Gasteiger partial charge in [0.15, 0.2) is 0 Å². The molecule has 76 valence electrons. The number of nitrogen functional groups attached to an aromatic ring is 1. The van der Waals surface area contributed by atoms with Crippen molar-refractivity contribution in [3.05, 3.63) is 46.9 Å². The van der Waals surface area contributed by atoms with Crippen molar-refractivity contribution in [2.24, 2.45) is 0 Å². The van der Waals surface area contributed by atoms with Crippen LogP contribution in [0.1, 0.15) is 0 Å². The van der Waals surface area contributed by atoms with Crippen molar-refractivity contribution in [1.82, 2.24) is 4.98 Å². The van der Waals surface area contributed by atoms with E-state index in [-0.39, 0.29) is 5.82 Å². The minimum atomic E-state index is -0.259. The van der Waals surface area contributed by atoms with Crippen molar-refractivity contribution < 1.29 is 4.39 Å². The van der Waals surface area contributed by atoms with Gasteiger partial charge in [-0.15, -0.1) is 0 Å². The molecule has 4 heteroatoms. The second-order valence-electron chi connectivity index (χ2n) is 3.10. The van der Waals surface area contributed by atoms with Crippen molar-refractivity contribution >= 4 is 21.6 Å². The van der Waals surface area contributed by atoms with Gasteiger partial charge in [0.2, 0.25) is 0 Å². The summed E-state index contributed by atoms with van der Waals surface area (Å²) in [5, 5.41) is 0. The van der Waals surface area contributed by atoms with Gasteiger partial charge in [-0.05, 0) is 39.7 Å². The van der Waals surface area contributed by atoms with Crippen LogP contribution in [0.25, 0.3) is 11.1 Å². The molecule has 0 saturated carbocycles. The number of halogens is 2. The number of rotatable bonds is 1. The van der Waals surface area contributed by atoms with Gasteiger partial charge >= 0.3 is 0 Å². The molecule has 0 aliphatic rings. The molecule has 2 rings (SSSR count). The highest BCUT2D eigenvalue weighted by atomic mass is 79.9. The normalized spacial score (nSPS) is 10.3. The topological polar surface area (TPSA) is 38.9 Å². The van der Waals surface area contributed by atoms with Gasteiger partial charge in [0.1, 0.15) is 10.4 Å². The molecule has 2 N–H and O–H groups in total. The molecule has 2 aromatic rings. The SMILES string of the molecule is Nc1cnc(Br)cc1-c1ccc(F)cc1. The molecule has 0 bridgehead atoms. The third kappa shape index (κ3) is 2.15. The molecule has 1 heterocycles. The van der Waals surface area contributed by atoms with Gasteiger partial charge in [0.25, 0.3) is 0 Å². The summed E-state index contributed by atoms with van der Waals surface area (Å²) in [7, 11) is 0. The number of anilines is 1. The lowest BCUT2D eigenvalue weighted by Gasteiger charge is -2.05. The van der Waals surface area contributed by atoms with Gasteiger partial charge in [-0.25, -0.2) is 9.37 Å². The Hall–Kier alpha value is -1.42. The summed E-state index contributed by atoms with van der Waals surface area (Å²) in [6.45, 7) is 0. The Balaban J connectivity index is 2.53. The Labute approximate surface area is 95.1 Å². The van der Waals surface area contributed by atoms with Crippen LogP contribution in [0.15, 0.2) is 41.1 Å². The van der Waals surface area contributed by atoms with Crippen LogP contribution in [-0.2, 0) is 0 Å². The molecule has 0 saturated heterocycles. The van der Waals surface area contributed by atoms with Crippen molar-refractivity contribution in [3.63, 3.8) is 0 Å². The number of hydrogen-bond acceptors (Lipinski definition) is 2. The molecule has 0 amide bonds. The molecule has 2 nitrogen and oxygen atoms in total. The molecular weight excluding hydrogens is 259 g/mol. The number of nitrogens with two attached hydrogens (primary N) is 1. The third-order valence-electron chi connectivity index (χ3n) is 2.06. The van der Waals surface area contributed by atoms with Crippen LogP contribution in [0, 0.1) is 5.82 Å². The first kappa shape index (κ1) is 10.1. The number of hydrogen-bond donors (Lipinski definition) is 1. The number of pyridine rings is 1. The lowest BCUT2D eigenvalue weighted by Crippen LogP contribution is -1.92. The minimum absolute atomic E-state index is 0.259. The Morgan fingerprint density at radius 3 is 2.53 bits per heavy atom. The van der Waals surface area contributed by atoms with Gasteiger partial charge in [0.05, 0.1) is 11.9 Å². The van der Waals surface area contributed by atoms with E-state index in [1.165, 1.54) is 12.1 Å². The van der Waals surface area contributed by atoms with E-state index < -0.39 is 0 Å². The van der Waals surface area contributed by atoms with Crippen LogP contribution >= 0.6 is 15.9 Å². The van der Waals surface area contributed by atoms with Crippen molar-refractivity contribution in [3.8, 4) is 11.1 Å². The van der Waals surface area contributed by atoms with Gasteiger partial charge in [0, 0.05) is 5.56 Å². The molecule has 0 radical (unpaired) electrons. The van der Waals surface area contributed by atoms with Gasteiger partial charge in [-0.1, -0.05) is 12.1 Å². The molecule has 0 unspecified atom stereocenters. The molecule has 0 atom stereocenters. The molecule has 0 aliphatic carbocycles. The Morgan fingerprint density at radius 2 is 1.87 bits per heavy atom. The average molecular weight is 267 g/mol. The van der Waals surface area contributed by atoms with Crippen molar-refractivity contribution in [2.45, 2.75) is 0 Å². The van der Waals surface area contributed by atoms with E-state index in [2.05, 4.69) is 20.9 Å². The summed E-state index contributed by atoms with van der Waals surface area (Å²) >= 11 is 3.27. The predicted octanol–water partition coefficient (Wildman–Crippen LogP) is 3.23. The zero-order valence-corrected chi connectivity index (χ0v) is 9.33. The standard InChI is InChI=1S/C11H8BrFN2/c12-11-5-9(10(14)6-15-11)7-1-3-8(13)4-2-7/h1-6H,14H2. The van der Waals surface area contributed by atoms with Crippen molar-refractivity contribution in [2.75, 3.05) is 5.73 Å². The highest BCUT2D eigenvalue weighted by molar-refractivity contribution is 9.10. The highest BCUT2D eigenvalue weighted by Crippen LogP contribution is 2.27. The van der Waals surface area contributed by atoms with E-state index in [0.717, 1.165) is 11.1 Å². The zero-order valence-electron chi connectivity index (χ0n) is 7.74. The first-order valence-corrected chi connectivity index (χ1v) is 5.13. The van der Waals surface area contributed by atoms with E-state index in [9.17, 15) is 4.39 Å². The Kier molecular flexibility index (Phi) is 2.68. The summed E-state index contributed by atoms with van der Waals surface area (Å²) in [6.07, 6.45) is 1.57. The smallest absolute Gasteiger partial charge is 0.123 e. The lowest BCUT2D eigenvalue weighted by atomic mass is 10.1. The second-order valence-corrected chi connectivity index (χ2v) is 3.91. The summed E-state index contributed by atoms with van der Waals surface area (Å²) in [4.78, 5) is 4.00. The number of benzene rings is 1. The second kappa shape index (κ2) is 3.98. The molecule has 1 aromatic heterocycles. The first-order chi connectivity index (χ1) is 7.16. The molecule has 1 aromatic carbocycles. The number of aromatic nitrogens is 1. The number of nitrogens with zero attached hydrogens (tertiary/aromatic N) is 1. The Morgan fingerprint density at radius 1 is 1.20 bits per heavy atom. The lowest BCUT2D eigenvalue weighted by molar-refractivity contribution is 0.628. The van der Waals surface area contributed by atoms with Crippen LogP contribution < -0.4 is 5.73 Å². The van der Waals surface area contributed by atoms with Crippen molar-refractivity contribution in [1.29, 1.82) is 0 Å². The maximum Gasteiger partial charge on any atom is 0.123 e. The maximum atomic E-state index is 12.7. The summed E-state index contributed by atoms with van der Waals surface area (Å²) < 4.78 is 13.4. The Bertz CT molecular complexity index is 482. The van der Waals surface area contributed by atoms with Crippen LogP contribution in [0.4, 0.5) is 10.1 Å². The van der Waals surface area contributed by atoms with E-state index in [4.69, 9.17) is 5.73 Å². The summed E-state index contributed by atoms with van der Waals surface area (Å²) in [6, 6.07) is 8.00. The molecule has 0 spiro atoms.